The van der Waals surface area contributed by atoms with Gasteiger partial charge in [-0.2, -0.15) is 0 Å². The molecule has 308 valence electrons. The van der Waals surface area contributed by atoms with Gasteiger partial charge in [-0.3, -0.25) is 0 Å². The molecular formula is C40H58N6O10. The fourth-order valence-electron chi connectivity index (χ4n) is 5.48. The van der Waals surface area contributed by atoms with E-state index in [-0.39, 0.29) is 37.9 Å². The van der Waals surface area contributed by atoms with E-state index < -0.39 is 24.4 Å². The van der Waals surface area contributed by atoms with Gasteiger partial charge >= 0.3 is 24.4 Å². The molecule has 1 aliphatic rings. The molecule has 56 heavy (non-hydrogen) atoms. The summed E-state index contributed by atoms with van der Waals surface area (Å²) in [4.78, 5) is 51.7. The maximum Gasteiger partial charge on any atom is 0.407 e. The van der Waals surface area contributed by atoms with E-state index in [1.807, 2.05) is 61.8 Å². The molecule has 4 amide bonds. The van der Waals surface area contributed by atoms with E-state index in [4.69, 9.17) is 18.9 Å². The van der Waals surface area contributed by atoms with E-state index in [0.717, 1.165) is 37.1 Å². The van der Waals surface area contributed by atoms with Crippen LogP contribution in [0.15, 0.2) is 60.0 Å². The molecule has 2 aromatic carbocycles. The van der Waals surface area contributed by atoms with Crippen LogP contribution < -0.4 is 31.1 Å². The van der Waals surface area contributed by atoms with E-state index in [1.54, 1.807) is 24.3 Å². The number of anilines is 2. The smallest absolute Gasteiger partial charge is 0.407 e. The van der Waals surface area contributed by atoms with Crippen molar-refractivity contribution in [1.29, 1.82) is 0 Å². The summed E-state index contributed by atoms with van der Waals surface area (Å²) in [5.41, 5.74) is 3.29. The van der Waals surface area contributed by atoms with Gasteiger partial charge in [0.25, 0.3) is 0 Å². The molecule has 0 saturated carbocycles. The number of benzene rings is 2. The molecule has 0 bridgehead atoms. The first-order valence-electron chi connectivity index (χ1n) is 19.3. The molecule has 0 radical (unpaired) electrons. The van der Waals surface area contributed by atoms with Crippen LogP contribution in [-0.2, 0) is 18.9 Å². The van der Waals surface area contributed by atoms with Crippen molar-refractivity contribution in [3.05, 3.63) is 71.2 Å². The standard InChI is InChI=1S/C40H58N6O10/c1-5-17-41-37(49)53-25-21-45(22-26-54-38(50)42-18-6-2)31-13-9-29(10-14-31)33-35(47)34(36(33)48)30-11-15-32(16-12-30)46(23-27-55-39(51)43-19-7-3)24-28-56-40(52)44-20-8-4/h9-16,47-48H,5-8,17-28H2,1-4H3,(H,41,49)(H,42,50)(H,43,51)(H,44,52). The van der Waals surface area contributed by atoms with Gasteiger partial charge in [0.1, 0.15) is 37.9 Å². The van der Waals surface area contributed by atoms with Crippen LogP contribution in [0.1, 0.15) is 64.5 Å². The fraction of sp³-hybridized carbons (Fsp3) is 0.500. The lowest BCUT2D eigenvalue weighted by molar-refractivity contribution is 0.142. The lowest BCUT2D eigenvalue weighted by Gasteiger charge is -2.27. The van der Waals surface area contributed by atoms with Crippen molar-refractivity contribution in [2.45, 2.75) is 53.4 Å². The Hall–Kier alpha value is -5.80. The summed E-state index contributed by atoms with van der Waals surface area (Å²) in [7, 11) is 0. The molecule has 1 aliphatic carbocycles. The van der Waals surface area contributed by atoms with Crippen LogP contribution >= 0.6 is 0 Å². The highest BCUT2D eigenvalue weighted by molar-refractivity contribution is 6.06. The lowest BCUT2D eigenvalue weighted by atomic mass is 9.84. The summed E-state index contributed by atoms with van der Waals surface area (Å²) >= 11 is 0. The zero-order valence-electron chi connectivity index (χ0n) is 33.0. The Morgan fingerprint density at radius 3 is 0.946 bits per heavy atom. The summed E-state index contributed by atoms with van der Waals surface area (Å²) in [6, 6.07) is 14.3. The third-order valence-corrected chi connectivity index (χ3v) is 8.44. The fourth-order valence-corrected chi connectivity index (χ4v) is 5.48. The van der Waals surface area contributed by atoms with E-state index >= 15 is 0 Å². The number of alkyl carbamates (subject to hydrolysis) is 4. The molecule has 0 aliphatic heterocycles. The molecule has 16 heteroatoms. The minimum absolute atomic E-state index is 0.0623. The second kappa shape index (κ2) is 24.6. The monoisotopic (exact) mass is 782 g/mol. The predicted octanol–water partition coefficient (Wildman–Crippen LogP) is 6.10. The largest absolute Gasteiger partial charge is 0.506 e. The van der Waals surface area contributed by atoms with Crippen LogP contribution in [0.4, 0.5) is 30.6 Å². The van der Waals surface area contributed by atoms with Crippen LogP contribution in [-0.4, -0.2) is 113 Å². The van der Waals surface area contributed by atoms with Crippen molar-refractivity contribution < 1.29 is 48.3 Å². The second-order valence-corrected chi connectivity index (χ2v) is 12.8. The minimum Gasteiger partial charge on any atom is -0.506 e. The lowest BCUT2D eigenvalue weighted by Crippen LogP contribution is -2.35. The highest BCUT2D eigenvalue weighted by atomic mass is 16.6. The van der Waals surface area contributed by atoms with Gasteiger partial charge in [0.05, 0.1) is 37.3 Å². The molecular weight excluding hydrogens is 724 g/mol. The summed E-state index contributed by atoms with van der Waals surface area (Å²) in [6.45, 7) is 11.5. The van der Waals surface area contributed by atoms with Gasteiger partial charge in [0, 0.05) is 37.6 Å². The van der Waals surface area contributed by atoms with Crippen molar-refractivity contribution >= 4 is 46.9 Å². The molecule has 0 atom stereocenters. The zero-order valence-corrected chi connectivity index (χ0v) is 33.0. The quantitative estimate of drug-likeness (QED) is 0.0670. The number of carbonyl (C=O) groups is 4. The molecule has 0 aromatic heterocycles. The Kier molecular flexibility index (Phi) is 19.6. The van der Waals surface area contributed by atoms with Gasteiger partial charge in [0.15, 0.2) is 0 Å². The van der Waals surface area contributed by atoms with Crippen LogP contribution in [0, 0.1) is 0 Å². The Bertz CT molecular complexity index is 1430. The molecule has 16 nitrogen and oxygen atoms in total. The highest BCUT2D eigenvalue weighted by Gasteiger charge is 2.31. The number of aliphatic hydroxyl groups is 2. The first-order chi connectivity index (χ1) is 27.1. The van der Waals surface area contributed by atoms with Crippen LogP contribution in [0.5, 0.6) is 0 Å². The first-order valence-corrected chi connectivity index (χ1v) is 19.3. The van der Waals surface area contributed by atoms with Crippen LogP contribution in [0.3, 0.4) is 0 Å². The summed E-state index contributed by atoms with van der Waals surface area (Å²) in [5.74, 6) is -0.125. The van der Waals surface area contributed by atoms with Crippen molar-refractivity contribution in [1.82, 2.24) is 21.3 Å². The van der Waals surface area contributed by atoms with E-state index in [2.05, 4.69) is 21.3 Å². The molecule has 0 heterocycles. The zero-order chi connectivity index (χ0) is 40.7. The van der Waals surface area contributed by atoms with Crippen molar-refractivity contribution in [2.75, 3.05) is 88.6 Å². The molecule has 0 fully saturated rings. The van der Waals surface area contributed by atoms with E-state index in [0.29, 0.717) is 74.6 Å². The number of hydrogen-bond acceptors (Lipinski definition) is 12. The molecule has 0 spiro atoms. The Balaban J connectivity index is 1.69. The Labute approximate surface area is 329 Å². The normalized spacial score (nSPS) is 11.9. The molecule has 2 aromatic rings. The highest BCUT2D eigenvalue weighted by Crippen LogP contribution is 2.45. The van der Waals surface area contributed by atoms with Crippen molar-refractivity contribution in [3.63, 3.8) is 0 Å². The third-order valence-electron chi connectivity index (χ3n) is 8.44. The van der Waals surface area contributed by atoms with Gasteiger partial charge < -0.3 is 60.2 Å². The number of carbonyl (C=O) groups excluding carboxylic acids is 4. The second-order valence-electron chi connectivity index (χ2n) is 12.8. The third kappa shape index (κ3) is 14.5. The van der Waals surface area contributed by atoms with Crippen molar-refractivity contribution in [3.8, 4) is 0 Å². The average Bonchev–Trinajstić information content (AvgIpc) is 3.20. The molecule has 0 saturated heterocycles. The van der Waals surface area contributed by atoms with Gasteiger partial charge in [-0.05, 0) is 61.1 Å². The number of amides is 4. The number of aliphatic hydroxyl groups excluding tert-OH is 2. The van der Waals surface area contributed by atoms with E-state index in [9.17, 15) is 29.4 Å². The SMILES string of the molecule is CCCNC(=O)OCCN(CCOC(=O)NCCC)c1ccc(C2=C(O)C(c3ccc(N(CCOC(=O)NCCC)CCOC(=O)NCCC)cc3)=C2O)cc1. The van der Waals surface area contributed by atoms with Gasteiger partial charge in [-0.25, -0.2) is 19.2 Å². The number of rotatable bonds is 24. The predicted molar refractivity (Wildman–Crippen MR) is 215 cm³/mol. The number of ether oxygens (including phenoxy) is 4. The van der Waals surface area contributed by atoms with Gasteiger partial charge in [-0.1, -0.05) is 52.0 Å². The molecule has 3 rings (SSSR count). The van der Waals surface area contributed by atoms with Gasteiger partial charge in [0.2, 0.25) is 0 Å². The Morgan fingerprint density at radius 2 is 0.714 bits per heavy atom. The summed E-state index contributed by atoms with van der Waals surface area (Å²) < 4.78 is 21.2. The van der Waals surface area contributed by atoms with Crippen LogP contribution in [0.2, 0.25) is 0 Å². The Morgan fingerprint density at radius 1 is 0.464 bits per heavy atom. The molecule has 6 N–H and O–H groups in total. The van der Waals surface area contributed by atoms with E-state index in [1.165, 1.54) is 0 Å². The minimum atomic E-state index is -0.508. The number of nitrogens with zero attached hydrogens (tertiary/aromatic N) is 2. The summed E-state index contributed by atoms with van der Waals surface area (Å²) in [6.07, 6.45) is 1.10. The van der Waals surface area contributed by atoms with Gasteiger partial charge in [-0.15, -0.1) is 0 Å². The average molecular weight is 783 g/mol. The first kappa shape index (κ1) is 44.6. The topological polar surface area (TPSA) is 200 Å². The number of hydrogen-bond donors (Lipinski definition) is 6. The van der Waals surface area contributed by atoms with Crippen LogP contribution in [0.25, 0.3) is 11.1 Å². The maximum atomic E-state index is 12.0. The van der Waals surface area contributed by atoms with Crippen molar-refractivity contribution in [2.24, 2.45) is 0 Å². The maximum absolute atomic E-state index is 12.0. The molecule has 0 unspecified atom stereocenters. The number of allylic oxidation sites excluding steroid dienone is 2. The number of nitrogens with one attached hydrogen (secondary N) is 4. The summed E-state index contributed by atoms with van der Waals surface area (Å²) in [5, 5.41) is 33.0.